The number of esters is 1. The predicted molar refractivity (Wildman–Crippen MR) is 180 cm³/mol. The van der Waals surface area contributed by atoms with E-state index in [4.69, 9.17) is 4.74 Å². The maximum Gasteiger partial charge on any atom is 0.328 e. The number of ether oxygens (including phenoxy) is 1. The third kappa shape index (κ3) is 12.2. The molecule has 0 spiro atoms. The van der Waals surface area contributed by atoms with Crippen LogP contribution in [0.3, 0.4) is 0 Å². The van der Waals surface area contributed by atoms with Crippen LogP contribution in [0.15, 0.2) is 104 Å². The van der Waals surface area contributed by atoms with Gasteiger partial charge in [-0.3, -0.25) is 19.2 Å². The average Bonchev–Trinajstić information content (AvgIpc) is 3.07. The number of hydrogen-bond acceptors (Lipinski definition) is 6. The number of nitrogens with one attached hydrogen (secondary N) is 4. The third-order valence-electron chi connectivity index (χ3n) is 7.44. The molecule has 0 aliphatic carbocycles. The van der Waals surface area contributed by atoms with E-state index in [0.29, 0.717) is 0 Å². The Morgan fingerprint density at radius 3 is 1.36 bits per heavy atom. The Bertz CT molecular complexity index is 1480. The van der Waals surface area contributed by atoms with Gasteiger partial charge >= 0.3 is 5.97 Å². The van der Waals surface area contributed by atoms with Gasteiger partial charge in [0.1, 0.15) is 24.2 Å². The summed E-state index contributed by atoms with van der Waals surface area (Å²) < 4.78 is 4.95. The molecule has 0 saturated heterocycles. The first kappa shape index (κ1) is 36.2. The Morgan fingerprint density at radius 2 is 0.957 bits per heavy atom. The molecule has 248 valence electrons. The van der Waals surface area contributed by atoms with E-state index < -0.39 is 53.8 Å². The van der Waals surface area contributed by atoms with E-state index >= 15 is 0 Å². The van der Waals surface area contributed by atoms with E-state index in [-0.39, 0.29) is 31.6 Å². The zero-order valence-corrected chi connectivity index (χ0v) is 27.1. The first-order valence-corrected chi connectivity index (χ1v) is 15.6. The summed E-state index contributed by atoms with van der Waals surface area (Å²) in [5.41, 5.74) is 2.42. The van der Waals surface area contributed by atoms with Gasteiger partial charge in [0.15, 0.2) is 0 Å². The first-order chi connectivity index (χ1) is 22.6. The minimum atomic E-state index is -1.09. The predicted octanol–water partition coefficient (Wildman–Crippen LogP) is 3.06. The topological polar surface area (TPSA) is 143 Å². The number of rotatable bonds is 17. The van der Waals surface area contributed by atoms with Crippen LogP contribution in [-0.2, 0) is 48.0 Å². The van der Waals surface area contributed by atoms with Crippen LogP contribution in [0.4, 0.5) is 0 Å². The summed E-state index contributed by atoms with van der Waals surface area (Å²) in [5.74, 6) is -2.86. The molecule has 0 aliphatic heterocycles. The monoisotopic (exact) mass is 640 g/mol. The Hall–Kier alpha value is -5.25. The molecule has 0 heterocycles. The molecule has 4 atom stereocenters. The van der Waals surface area contributed by atoms with E-state index in [9.17, 15) is 24.0 Å². The minimum absolute atomic E-state index is 0.00304. The van der Waals surface area contributed by atoms with Crippen LogP contribution in [0.1, 0.15) is 37.0 Å². The molecule has 0 radical (unpaired) electrons. The van der Waals surface area contributed by atoms with Crippen molar-refractivity contribution in [2.75, 3.05) is 7.11 Å². The molecular weight excluding hydrogens is 596 g/mol. The summed E-state index contributed by atoms with van der Waals surface area (Å²) in [6, 6.07) is 23.5. The van der Waals surface area contributed by atoms with E-state index in [1.54, 1.807) is 0 Å². The molecule has 0 unspecified atom stereocenters. The molecule has 3 aromatic carbocycles. The molecule has 3 rings (SSSR count). The molecule has 0 aliphatic rings. The van der Waals surface area contributed by atoms with Crippen LogP contribution in [0.25, 0.3) is 0 Å². The van der Waals surface area contributed by atoms with Crippen molar-refractivity contribution in [2.24, 2.45) is 5.92 Å². The molecule has 10 nitrogen and oxygen atoms in total. The van der Waals surface area contributed by atoms with Gasteiger partial charge in [-0.25, -0.2) is 4.79 Å². The second-order valence-electron chi connectivity index (χ2n) is 11.7. The highest BCUT2D eigenvalue weighted by atomic mass is 16.5. The highest BCUT2D eigenvalue weighted by Gasteiger charge is 2.32. The van der Waals surface area contributed by atoms with Gasteiger partial charge in [0.25, 0.3) is 0 Å². The zero-order valence-electron chi connectivity index (χ0n) is 27.1. The fraction of sp³-hybridized carbons (Fsp3) is 0.324. The van der Waals surface area contributed by atoms with Crippen molar-refractivity contribution in [3.63, 3.8) is 0 Å². The van der Waals surface area contributed by atoms with Crippen molar-refractivity contribution in [3.8, 4) is 0 Å². The average molecular weight is 641 g/mol. The number of benzene rings is 3. The summed E-state index contributed by atoms with van der Waals surface area (Å²) in [6.07, 6.45) is 1.86. The molecule has 0 bridgehead atoms. The van der Waals surface area contributed by atoms with Crippen LogP contribution in [0, 0.1) is 5.92 Å². The van der Waals surface area contributed by atoms with Gasteiger partial charge in [-0.2, -0.15) is 0 Å². The van der Waals surface area contributed by atoms with Gasteiger partial charge in [0, 0.05) is 19.3 Å². The lowest BCUT2D eigenvalue weighted by Gasteiger charge is -2.27. The number of methoxy groups -OCH3 is 1. The molecular formula is C37H44N4O6. The minimum Gasteiger partial charge on any atom is -0.467 e. The van der Waals surface area contributed by atoms with Crippen molar-refractivity contribution >= 4 is 29.6 Å². The lowest BCUT2D eigenvalue weighted by Crippen LogP contribution is -2.58. The van der Waals surface area contributed by atoms with Gasteiger partial charge in [-0.15, -0.1) is 0 Å². The highest BCUT2D eigenvalue weighted by molar-refractivity contribution is 5.96. The molecule has 0 saturated carbocycles. The van der Waals surface area contributed by atoms with Crippen molar-refractivity contribution in [2.45, 2.75) is 63.7 Å². The van der Waals surface area contributed by atoms with Gasteiger partial charge in [-0.05, 0) is 35.1 Å². The lowest BCUT2D eigenvalue weighted by molar-refractivity contribution is -0.145. The van der Waals surface area contributed by atoms with Gasteiger partial charge in [-0.1, -0.05) is 111 Å². The van der Waals surface area contributed by atoms with E-state index in [1.807, 2.05) is 105 Å². The summed E-state index contributed by atoms with van der Waals surface area (Å²) in [7, 11) is 1.25. The fourth-order valence-electron chi connectivity index (χ4n) is 5.05. The maximum atomic E-state index is 13.9. The Balaban J connectivity index is 1.84. The Morgan fingerprint density at radius 1 is 0.596 bits per heavy atom. The van der Waals surface area contributed by atoms with Crippen LogP contribution in [0.2, 0.25) is 0 Å². The molecule has 4 amide bonds. The standard InChI is InChI=1S/C37H44N4O6/c1-5-33(42)38-30(22-26-15-9-6-10-16-26)35(44)40-31(23-27-17-11-7-12-18-27)36(45)39-29(21-25(2)3)34(43)41-32(37(46)47-4)24-28-19-13-8-14-20-28/h5-20,25,29-32H,1,21-24H2,2-4H3,(H,38,42)(H,39,45)(H,40,44)(H,41,43)/t29-,30-,31-,32-/m0/s1. The number of amides is 4. The second kappa shape index (κ2) is 18.7. The maximum absolute atomic E-state index is 13.9. The summed E-state index contributed by atoms with van der Waals surface area (Å²) in [5, 5.41) is 11.0. The Labute approximate surface area is 276 Å². The van der Waals surface area contributed by atoms with Crippen molar-refractivity contribution in [1.82, 2.24) is 21.3 Å². The normalized spacial score (nSPS) is 13.3. The van der Waals surface area contributed by atoms with Crippen molar-refractivity contribution in [1.29, 1.82) is 0 Å². The lowest BCUT2D eigenvalue weighted by atomic mass is 9.99. The van der Waals surface area contributed by atoms with Crippen LogP contribution in [-0.4, -0.2) is 60.9 Å². The number of carbonyl (C=O) groups is 5. The van der Waals surface area contributed by atoms with Gasteiger partial charge < -0.3 is 26.0 Å². The smallest absolute Gasteiger partial charge is 0.328 e. The van der Waals surface area contributed by atoms with Crippen LogP contribution >= 0.6 is 0 Å². The van der Waals surface area contributed by atoms with E-state index in [2.05, 4.69) is 27.8 Å². The van der Waals surface area contributed by atoms with Crippen molar-refractivity contribution < 1.29 is 28.7 Å². The zero-order chi connectivity index (χ0) is 34.2. The first-order valence-electron chi connectivity index (χ1n) is 15.6. The van der Waals surface area contributed by atoms with Gasteiger partial charge in [0.2, 0.25) is 23.6 Å². The summed E-state index contributed by atoms with van der Waals surface area (Å²) in [6.45, 7) is 7.30. The van der Waals surface area contributed by atoms with Crippen LogP contribution < -0.4 is 21.3 Å². The highest BCUT2D eigenvalue weighted by Crippen LogP contribution is 2.11. The van der Waals surface area contributed by atoms with E-state index in [1.165, 1.54) is 7.11 Å². The fourth-order valence-corrected chi connectivity index (χ4v) is 5.05. The molecule has 3 aromatic rings. The van der Waals surface area contributed by atoms with Crippen molar-refractivity contribution in [3.05, 3.63) is 120 Å². The molecule has 47 heavy (non-hydrogen) atoms. The number of carbonyl (C=O) groups excluding carboxylic acids is 5. The SMILES string of the molecule is C=CC(=O)N[C@@H](Cc1ccccc1)C(=O)N[C@@H](Cc1ccccc1)C(=O)N[C@@H](CC(C)C)C(=O)N[C@@H](Cc1ccccc1)C(=O)OC. The quantitative estimate of drug-likeness (QED) is 0.132. The Kier molecular flexibility index (Phi) is 14.4. The molecule has 0 aromatic heterocycles. The summed E-state index contributed by atoms with van der Waals surface area (Å²) >= 11 is 0. The molecule has 0 fully saturated rings. The summed E-state index contributed by atoms with van der Waals surface area (Å²) in [4.78, 5) is 66.1. The van der Waals surface area contributed by atoms with Crippen LogP contribution in [0.5, 0.6) is 0 Å². The molecule has 4 N–H and O–H groups in total. The molecule has 10 heteroatoms. The second-order valence-corrected chi connectivity index (χ2v) is 11.7. The largest absolute Gasteiger partial charge is 0.467 e. The van der Waals surface area contributed by atoms with Gasteiger partial charge in [0.05, 0.1) is 7.11 Å². The van der Waals surface area contributed by atoms with E-state index in [0.717, 1.165) is 22.8 Å². The number of hydrogen-bond donors (Lipinski definition) is 4. The third-order valence-corrected chi connectivity index (χ3v) is 7.44.